The Bertz CT molecular complexity index is 167. The van der Waals surface area contributed by atoms with Crippen LogP contribution in [0.1, 0.15) is 0 Å². The summed E-state index contributed by atoms with van der Waals surface area (Å²) in [6.07, 6.45) is 0. The van der Waals surface area contributed by atoms with Gasteiger partial charge in [0.2, 0.25) is 0 Å². The Morgan fingerprint density at radius 1 is 0.667 bits per heavy atom. The molecule has 0 aromatic heterocycles. The van der Waals surface area contributed by atoms with E-state index in [2.05, 4.69) is 4.31 Å². The van der Waals surface area contributed by atoms with Crippen LogP contribution in [-0.2, 0) is 13.4 Å². The first-order valence-corrected chi connectivity index (χ1v) is 4.59. The van der Waals surface area contributed by atoms with Gasteiger partial charge in [0.05, 0.1) is 0 Å². The van der Waals surface area contributed by atoms with Gasteiger partial charge in [-0.25, -0.2) is 9.13 Å². The summed E-state index contributed by atoms with van der Waals surface area (Å²) in [5.74, 6) is 0. The fourth-order valence-electron chi connectivity index (χ4n) is 0.139. The van der Waals surface area contributed by atoms with Crippen molar-refractivity contribution in [2.75, 3.05) is 0 Å². The average molecular weight is 427 g/mol. The molecule has 0 atom stereocenters. The molecular weight excluding hydrogens is 412 g/mol. The van der Waals surface area contributed by atoms with E-state index in [1.54, 1.807) is 0 Å². The van der Waals surface area contributed by atoms with E-state index in [-0.39, 0.29) is 254 Å². The Hall–Kier alpha value is 8.57. The summed E-state index contributed by atoms with van der Waals surface area (Å²) in [5, 5.41) is 0. The maximum absolute atomic E-state index is 9.63. The van der Waals surface area contributed by atoms with Crippen LogP contribution in [0.5, 0.6) is 0 Å². The van der Waals surface area contributed by atoms with Gasteiger partial charge in [-0.05, 0) is 0 Å². The second-order valence-corrected chi connectivity index (χ2v) is 3.68. The quantitative estimate of drug-likeness (QED) is 0.256. The van der Waals surface area contributed by atoms with Crippen molar-refractivity contribution in [3.05, 3.63) is 0 Å². The van der Waals surface area contributed by atoms with Crippen LogP contribution < -0.4 is 0 Å². The molecule has 0 aromatic carbocycles. The van der Waals surface area contributed by atoms with Crippen LogP contribution in [0, 0.1) is 0 Å². The van der Waals surface area contributed by atoms with E-state index in [9.17, 15) is 9.13 Å². The van der Waals surface area contributed by atoms with Crippen molar-refractivity contribution in [3.8, 4) is 0 Å². The van der Waals surface area contributed by atoms with Crippen LogP contribution in [0.15, 0.2) is 0 Å². The van der Waals surface area contributed by atoms with Crippen LogP contribution in [0.2, 0.25) is 0 Å². The van der Waals surface area contributed by atoms with E-state index in [0.29, 0.717) is 0 Å². The molecule has 0 rings (SSSR count). The van der Waals surface area contributed by atoms with E-state index in [1.807, 2.05) is 0 Å². The third kappa shape index (κ3) is 45.0. The number of hydrogen-bond donors (Lipinski definition) is 4. The standard InChI is InChI=1S/4Ca.2K.H4O7P2.10H/c;;;;;;1-8(2,3)7-9(4,5)6;;;;;;;;;;/h;;;;;;(H2,1,2,3)(H2,4,5,6);;;;;;;;;;. The summed E-state index contributed by atoms with van der Waals surface area (Å²) in [6, 6.07) is 0. The minimum atomic E-state index is -5.05. The molecule has 15 heavy (non-hydrogen) atoms. The zero-order chi connectivity index (χ0) is 7.71. The topological polar surface area (TPSA) is 124 Å². The first-order chi connectivity index (χ1) is 3.71. The molecule has 0 aliphatic heterocycles. The predicted molar refractivity (Wildman–Crippen MR) is 73.6 cm³/mol. The Balaban J connectivity index is -0.0000000213. The summed E-state index contributed by atoms with van der Waals surface area (Å²) < 4.78 is 22.2. The van der Waals surface area contributed by atoms with Gasteiger partial charge < -0.3 is 19.6 Å². The fraction of sp³-hybridized carbons (Fsp3) is 0. The molecule has 0 aromatic rings. The molecule has 0 saturated heterocycles. The molecule has 76 valence electrons. The van der Waals surface area contributed by atoms with Gasteiger partial charge in [-0.15, -0.1) is 0 Å². The van der Waals surface area contributed by atoms with Crippen molar-refractivity contribution >= 4 is 269 Å². The van der Waals surface area contributed by atoms with Gasteiger partial charge in [0, 0.05) is 0 Å². The van der Waals surface area contributed by atoms with Gasteiger partial charge in [0.15, 0.2) is 0 Å². The molecule has 7 nitrogen and oxygen atoms in total. The molecule has 0 fully saturated rings. The van der Waals surface area contributed by atoms with Gasteiger partial charge in [-0.3, -0.25) is 0 Å². The zero-order valence-electron chi connectivity index (χ0n) is 3.91. The average Bonchev–Trinajstić information content (AvgIpc) is 1.14. The molecule has 0 aliphatic rings. The van der Waals surface area contributed by atoms with E-state index in [0.717, 1.165) is 0 Å². The first-order valence-electron chi connectivity index (χ1n) is 1.53. The Labute approximate surface area is 292 Å². The van der Waals surface area contributed by atoms with Crippen LogP contribution in [-0.4, -0.2) is 273 Å². The molecule has 0 bridgehead atoms. The molecule has 0 spiro atoms. The van der Waals surface area contributed by atoms with E-state index in [1.165, 1.54) is 0 Å². The Morgan fingerprint density at radius 3 is 0.800 bits per heavy atom. The third-order valence-corrected chi connectivity index (χ3v) is 1.91. The van der Waals surface area contributed by atoms with Crippen LogP contribution >= 0.6 is 15.6 Å². The molecule has 0 aliphatic carbocycles. The van der Waals surface area contributed by atoms with Gasteiger partial charge in [0.1, 0.15) is 0 Å². The van der Waals surface area contributed by atoms with Crippen molar-refractivity contribution in [1.82, 2.24) is 0 Å². The van der Waals surface area contributed by atoms with Gasteiger partial charge in [0.25, 0.3) is 0 Å². The molecule has 15 heteroatoms. The zero-order valence-corrected chi connectivity index (χ0v) is 5.70. The molecular formula is H14Ca4K2O7P2. The van der Waals surface area contributed by atoms with Gasteiger partial charge in [-0.1, -0.05) is 0 Å². The SMILES string of the molecule is O=P(O)(O)OP(=O)(O)O.[CaH2].[CaH2].[CaH2].[CaH2].[KH].[KH]. The van der Waals surface area contributed by atoms with Crippen molar-refractivity contribution in [2.45, 2.75) is 0 Å². The molecule has 0 heterocycles. The van der Waals surface area contributed by atoms with E-state index in [4.69, 9.17) is 19.6 Å². The number of phosphoric acid groups is 2. The second-order valence-electron chi connectivity index (χ2n) is 1.06. The van der Waals surface area contributed by atoms with Gasteiger partial charge in [-0.2, -0.15) is 4.31 Å². The van der Waals surface area contributed by atoms with E-state index < -0.39 is 15.6 Å². The summed E-state index contributed by atoms with van der Waals surface area (Å²) in [5.41, 5.74) is 0. The van der Waals surface area contributed by atoms with Crippen molar-refractivity contribution in [3.63, 3.8) is 0 Å². The van der Waals surface area contributed by atoms with Crippen molar-refractivity contribution in [1.29, 1.82) is 0 Å². The van der Waals surface area contributed by atoms with Gasteiger partial charge >= 0.3 is 269 Å². The molecule has 0 amide bonds. The van der Waals surface area contributed by atoms with Crippen LogP contribution in [0.25, 0.3) is 0 Å². The third-order valence-electron chi connectivity index (χ3n) is 0.213. The van der Waals surface area contributed by atoms with Crippen LogP contribution in [0.3, 0.4) is 0 Å². The summed E-state index contributed by atoms with van der Waals surface area (Å²) >= 11 is 0. The first kappa shape index (κ1) is 43.7. The molecule has 0 unspecified atom stereocenters. The molecule has 4 N–H and O–H groups in total. The second kappa shape index (κ2) is 22.6. The summed E-state index contributed by atoms with van der Waals surface area (Å²) in [6.45, 7) is 0. The predicted octanol–water partition coefficient (Wildman–Crippen LogP) is -5.77. The fourth-order valence-corrected chi connectivity index (χ4v) is 1.25. The Morgan fingerprint density at radius 2 is 0.800 bits per heavy atom. The molecule has 0 radical (unpaired) electrons. The van der Waals surface area contributed by atoms with Crippen molar-refractivity contribution < 1.29 is 33.0 Å². The maximum atomic E-state index is 9.63. The number of rotatable bonds is 2. The summed E-state index contributed by atoms with van der Waals surface area (Å²) in [7, 11) is -10.1. The normalized spacial score (nSPS) is 8.27. The Kier molecular flexibility index (Phi) is 65.8. The monoisotopic (exact) mass is 426 g/mol. The summed E-state index contributed by atoms with van der Waals surface area (Å²) in [4.78, 5) is 31.0. The van der Waals surface area contributed by atoms with E-state index >= 15 is 0 Å². The van der Waals surface area contributed by atoms with Crippen molar-refractivity contribution in [2.24, 2.45) is 0 Å². The minimum absolute atomic E-state index is 0. The molecule has 0 saturated carbocycles. The van der Waals surface area contributed by atoms with Crippen LogP contribution in [0.4, 0.5) is 0 Å². The number of hydrogen-bond acceptors (Lipinski definition) is 3.